The van der Waals surface area contributed by atoms with Crippen LogP contribution in [0.4, 0.5) is 4.39 Å². The highest BCUT2D eigenvalue weighted by Gasteiger charge is 2.11. The molecule has 0 radical (unpaired) electrons. The summed E-state index contributed by atoms with van der Waals surface area (Å²) in [6.07, 6.45) is 1.26. The van der Waals surface area contributed by atoms with Crippen LogP contribution < -0.4 is 0 Å². The zero-order chi connectivity index (χ0) is 12.4. The number of rotatable bonds is 3. The Bertz CT molecular complexity index is 545. The van der Waals surface area contributed by atoms with Crippen molar-refractivity contribution < 1.29 is 9.18 Å². The van der Waals surface area contributed by atoms with E-state index in [1.807, 2.05) is 13.0 Å². The second-order valence-electron chi connectivity index (χ2n) is 3.86. The van der Waals surface area contributed by atoms with Gasteiger partial charge in [-0.25, -0.2) is 4.39 Å². The van der Waals surface area contributed by atoms with Gasteiger partial charge in [-0.3, -0.25) is 14.5 Å². The number of carbonyl (C=O) groups excluding carboxylic acids is 1. The van der Waals surface area contributed by atoms with E-state index >= 15 is 0 Å². The minimum atomic E-state index is -0.446. The molecule has 0 saturated carbocycles. The van der Waals surface area contributed by atoms with E-state index in [1.54, 1.807) is 11.7 Å². The molecule has 0 bridgehead atoms. The molecular weight excluding hydrogens is 221 g/mol. The van der Waals surface area contributed by atoms with Gasteiger partial charge in [0, 0.05) is 12.7 Å². The molecule has 2 heterocycles. The van der Waals surface area contributed by atoms with Crippen molar-refractivity contribution in [2.24, 2.45) is 7.05 Å². The molecule has 0 aromatic carbocycles. The molecule has 0 N–H and O–H groups in total. The standard InChI is InChI=1S/C12H12FN3O/c1-8-5-10(16(2)15-8)6-12(17)11-4-3-9(13)7-14-11/h3-5,7H,6H2,1-2H3. The van der Waals surface area contributed by atoms with Gasteiger partial charge in [-0.15, -0.1) is 0 Å². The predicted octanol–water partition coefficient (Wildman–Crippen LogP) is 1.69. The first-order valence-corrected chi connectivity index (χ1v) is 5.20. The van der Waals surface area contributed by atoms with Crippen molar-refractivity contribution in [3.63, 3.8) is 0 Å². The summed E-state index contributed by atoms with van der Waals surface area (Å²) in [6.45, 7) is 1.87. The van der Waals surface area contributed by atoms with Gasteiger partial charge in [0.15, 0.2) is 5.78 Å². The maximum absolute atomic E-state index is 12.7. The summed E-state index contributed by atoms with van der Waals surface area (Å²) in [5, 5.41) is 4.16. The van der Waals surface area contributed by atoms with Crippen LogP contribution in [0.1, 0.15) is 21.9 Å². The molecule has 0 atom stereocenters. The first kappa shape index (κ1) is 11.4. The summed E-state index contributed by atoms with van der Waals surface area (Å²) >= 11 is 0. The number of carbonyl (C=O) groups is 1. The van der Waals surface area contributed by atoms with E-state index in [1.165, 1.54) is 12.1 Å². The maximum Gasteiger partial charge on any atom is 0.187 e. The third-order valence-corrected chi connectivity index (χ3v) is 2.45. The molecule has 17 heavy (non-hydrogen) atoms. The van der Waals surface area contributed by atoms with Crippen molar-refractivity contribution in [2.45, 2.75) is 13.3 Å². The molecule has 0 saturated heterocycles. The first-order chi connectivity index (χ1) is 8.06. The summed E-state index contributed by atoms with van der Waals surface area (Å²) in [5.74, 6) is -0.592. The number of Topliss-reactive ketones (excluding diaryl/α,β-unsaturated/α-hetero) is 1. The molecule has 5 heteroatoms. The highest BCUT2D eigenvalue weighted by molar-refractivity contribution is 5.95. The molecule has 0 spiro atoms. The lowest BCUT2D eigenvalue weighted by Gasteiger charge is -2.01. The third-order valence-electron chi connectivity index (χ3n) is 2.45. The van der Waals surface area contributed by atoms with Crippen LogP contribution in [0.15, 0.2) is 24.4 Å². The molecule has 2 rings (SSSR count). The van der Waals surface area contributed by atoms with Gasteiger partial charge in [-0.05, 0) is 25.1 Å². The molecule has 0 aliphatic rings. The minimum absolute atomic E-state index is 0.145. The smallest absolute Gasteiger partial charge is 0.187 e. The normalized spacial score (nSPS) is 10.5. The van der Waals surface area contributed by atoms with Crippen molar-refractivity contribution >= 4 is 5.78 Å². The molecule has 0 aliphatic heterocycles. The van der Waals surface area contributed by atoms with Crippen LogP contribution in [0, 0.1) is 12.7 Å². The Labute approximate surface area is 98.1 Å². The van der Waals surface area contributed by atoms with E-state index in [0.29, 0.717) is 0 Å². The van der Waals surface area contributed by atoms with Gasteiger partial charge in [0.05, 0.1) is 18.3 Å². The molecule has 2 aromatic heterocycles. The summed E-state index contributed by atoms with van der Waals surface area (Å²) in [6, 6.07) is 4.47. The SMILES string of the molecule is Cc1cc(CC(=O)c2ccc(F)cn2)n(C)n1. The molecule has 2 aromatic rings. The van der Waals surface area contributed by atoms with Crippen molar-refractivity contribution in [3.8, 4) is 0 Å². The molecule has 4 nitrogen and oxygen atoms in total. The van der Waals surface area contributed by atoms with Crippen molar-refractivity contribution in [1.29, 1.82) is 0 Å². The van der Waals surface area contributed by atoms with Gasteiger partial charge in [-0.1, -0.05) is 0 Å². The largest absolute Gasteiger partial charge is 0.292 e. The topological polar surface area (TPSA) is 47.8 Å². The lowest BCUT2D eigenvalue weighted by molar-refractivity contribution is 0.0986. The summed E-state index contributed by atoms with van der Waals surface area (Å²) < 4.78 is 14.3. The van der Waals surface area contributed by atoms with E-state index < -0.39 is 5.82 Å². The van der Waals surface area contributed by atoms with E-state index in [0.717, 1.165) is 17.6 Å². The summed E-state index contributed by atoms with van der Waals surface area (Å²) in [4.78, 5) is 15.6. The Hall–Kier alpha value is -2.04. The Morgan fingerprint density at radius 3 is 2.76 bits per heavy atom. The number of pyridine rings is 1. The lowest BCUT2D eigenvalue weighted by Crippen LogP contribution is -2.09. The maximum atomic E-state index is 12.7. The lowest BCUT2D eigenvalue weighted by atomic mass is 10.1. The van der Waals surface area contributed by atoms with Crippen LogP contribution in [0.5, 0.6) is 0 Å². The quantitative estimate of drug-likeness (QED) is 0.758. The highest BCUT2D eigenvalue weighted by atomic mass is 19.1. The third kappa shape index (κ3) is 2.55. The van der Waals surface area contributed by atoms with Crippen molar-refractivity contribution in [3.05, 3.63) is 47.3 Å². The molecule has 0 unspecified atom stereocenters. The number of nitrogens with zero attached hydrogens (tertiary/aromatic N) is 3. The first-order valence-electron chi connectivity index (χ1n) is 5.20. The Balaban J connectivity index is 2.17. The number of ketones is 1. The van der Waals surface area contributed by atoms with Crippen LogP contribution in [0.3, 0.4) is 0 Å². The van der Waals surface area contributed by atoms with Crippen LogP contribution in [-0.2, 0) is 13.5 Å². The fourth-order valence-corrected chi connectivity index (χ4v) is 1.63. The van der Waals surface area contributed by atoms with Gasteiger partial charge in [0.2, 0.25) is 0 Å². The van der Waals surface area contributed by atoms with Crippen molar-refractivity contribution in [2.75, 3.05) is 0 Å². The number of halogens is 1. The summed E-state index contributed by atoms with van der Waals surface area (Å²) in [7, 11) is 1.79. The molecule has 0 amide bonds. The molecule has 0 fully saturated rings. The van der Waals surface area contributed by atoms with Crippen LogP contribution >= 0.6 is 0 Å². The van der Waals surface area contributed by atoms with Gasteiger partial charge < -0.3 is 0 Å². The second-order valence-corrected chi connectivity index (χ2v) is 3.86. The monoisotopic (exact) mass is 233 g/mol. The average molecular weight is 233 g/mol. The van der Waals surface area contributed by atoms with Gasteiger partial charge in [-0.2, -0.15) is 5.10 Å². The van der Waals surface area contributed by atoms with E-state index in [2.05, 4.69) is 10.1 Å². The van der Waals surface area contributed by atoms with Gasteiger partial charge in [0.25, 0.3) is 0 Å². The van der Waals surface area contributed by atoms with Crippen molar-refractivity contribution in [1.82, 2.24) is 14.8 Å². The number of aryl methyl sites for hydroxylation is 2. The Kier molecular flexibility index (Phi) is 2.99. The predicted molar refractivity (Wildman–Crippen MR) is 60.2 cm³/mol. The fraction of sp³-hybridized carbons (Fsp3) is 0.250. The van der Waals surface area contributed by atoms with E-state index in [9.17, 15) is 9.18 Å². The van der Waals surface area contributed by atoms with Crippen LogP contribution in [0.2, 0.25) is 0 Å². The van der Waals surface area contributed by atoms with E-state index in [4.69, 9.17) is 0 Å². The van der Waals surface area contributed by atoms with E-state index in [-0.39, 0.29) is 17.9 Å². The molecule has 0 aliphatic carbocycles. The number of aromatic nitrogens is 3. The number of hydrogen-bond acceptors (Lipinski definition) is 3. The zero-order valence-corrected chi connectivity index (χ0v) is 9.64. The average Bonchev–Trinajstić information content (AvgIpc) is 2.58. The number of hydrogen-bond donors (Lipinski definition) is 0. The van der Waals surface area contributed by atoms with Crippen LogP contribution in [-0.4, -0.2) is 20.5 Å². The van der Waals surface area contributed by atoms with Crippen LogP contribution in [0.25, 0.3) is 0 Å². The zero-order valence-electron chi connectivity index (χ0n) is 9.64. The molecular formula is C12H12FN3O. The second kappa shape index (κ2) is 4.45. The van der Waals surface area contributed by atoms with Gasteiger partial charge >= 0.3 is 0 Å². The van der Waals surface area contributed by atoms with Gasteiger partial charge in [0.1, 0.15) is 11.5 Å². The summed E-state index contributed by atoms with van der Waals surface area (Å²) in [5.41, 5.74) is 1.95. The minimum Gasteiger partial charge on any atom is -0.292 e. The Morgan fingerprint density at radius 1 is 1.47 bits per heavy atom. The highest BCUT2D eigenvalue weighted by Crippen LogP contribution is 2.07. The fourth-order valence-electron chi connectivity index (χ4n) is 1.63. The Morgan fingerprint density at radius 2 is 2.24 bits per heavy atom. The molecule has 88 valence electrons.